The number of hydrogen-bond donors (Lipinski definition) is 1. The van der Waals surface area contributed by atoms with E-state index in [0.29, 0.717) is 36.3 Å². The molecule has 0 aromatic carbocycles. The van der Waals surface area contributed by atoms with Gasteiger partial charge >= 0.3 is 12.2 Å². The number of nitrogens with one attached hydrogen (secondary N) is 1. The van der Waals surface area contributed by atoms with Gasteiger partial charge in [-0.2, -0.15) is 4.98 Å². The van der Waals surface area contributed by atoms with E-state index in [1.165, 1.54) is 4.90 Å². The van der Waals surface area contributed by atoms with Crippen molar-refractivity contribution >= 4 is 35.1 Å². The van der Waals surface area contributed by atoms with Crippen LogP contribution in [-0.2, 0) is 9.47 Å². The molecule has 11 nitrogen and oxygen atoms in total. The van der Waals surface area contributed by atoms with Gasteiger partial charge in [-0.15, -0.1) is 0 Å². The highest BCUT2D eigenvalue weighted by atomic mass is 19.1. The fraction of sp³-hybridized carbons (Fsp3) is 0.533. The normalized spacial score (nSPS) is 15.4. The number of aromatic nitrogens is 2. The predicted octanol–water partition coefficient (Wildman–Crippen LogP) is 6.22. The first-order valence-corrected chi connectivity index (χ1v) is 14.0. The zero-order chi connectivity index (χ0) is 30.8. The number of carbonyl (C=O) groups is 2. The van der Waals surface area contributed by atoms with Crippen molar-refractivity contribution in [3.05, 3.63) is 35.3 Å². The number of halogens is 1. The minimum atomic E-state index is -0.667. The van der Waals surface area contributed by atoms with E-state index in [0.717, 1.165) is 0 Å². The van der Waals surface area contributed by atoms with Gasteiger partial charge in [0, 0.05) is 31.9 Å². The molecule has 4 heterocycles. The zero-order valence-corrected chi connectivity index (χ0v) is 25.6. The Kier molecular flexibility index (Phi) is 8.84. The van der Waals surface area contributed by atoms with Gasteiger partial charge in [0.1, 0.15) is 30.2 Å². The third kappa shape index (κ3) is 7.59. The minimum absolute atomic E-state index is 0.104. The number of aryl methyl sites for hydroxylation is 1. The van der Waals surface area contributed by atoms with Gasteiger partial charge in [-0.25, -0.2) is 19.0 Å². The van der Waals surface area contributed by atoms with Crippen molar-refractivity contribution in [2.75, 3.05) is 43.6 Å². The molecule has 0 unspecified atom stereocenters. The van der Waals surface area contributed by atoms with Crippen LogP contribution in [0.3, 0.4) is 0 Å². The van der Waals surface area contributed by atoms with E-state index >= 15 is 4.39 Å². The molecule has 0 spiro atoms. The van der Waals surface area contributed by atoms with E-state index in [4.69, 9.17) is 18.9 Å². The lowest BCUT2D eigenvalue weighted by atomic mass is 10.00. The molecule has 0 saturated carbocycles. The lowest BCUT2D eigenvalue weighted by molar-refractivity contribution is 0.0273. The van der Waals surface area contributed by atoms with E-state index in [1.807, 2.05) is 26.8 Å². The highest BCUT2D eigenvalue weighted by molar-refractivity contribution is 5.88. The molecule has 0 saturated heterocycles. The summed E-state index contributed by atoms with van der Waals surface area (Å²) in [7, 11) is 1.59. The maximum Gasteiger partial charge on any atom is 0.414 e. The zero-order valence-electron chi connectivity index (χ0n) is 25.6. The fourth-order valence-corrected chi connectivity index (χ4v) is 4.47. The standard InChI is InChI=1S/C30H40FN5O6/c1-18-16-20(35(8)27(37)41-29(2,3)4)17-21(32-18)33-25-23(31)22(24-26(34-25)40-15-14-39-24)19-10-9-12-36(13-11-19)28(38)42-30(5,6)7/h11,16-17H,9-10,12-15H2,1-8H3,(H,32,33,34). The van der Waals surface area contributed by atoms with Gasteiger partial charge in [0.05, 0.1) is 11.3 Å². The minimum Gasteiger partial charge on any atom is -0.484 e. The maximum absolute atomic E-state index is 16.3. The molecule has 2 aromatic heterocycles. The number of carbonyl (C=O) groups excluding carboxylic acids is 2. The number of ether oxygens (including phenoxy) is 4. The number of nitrogens with zero attached hydrogens (tertiary/aromatic N) is 4. The van der Waals surface area contributed by atoms with E-state index in [-0.39, 0.29) is 48.6 Å². The van der Waals surface area contributed by atoms with Crippen molar-refractivity contribution in [3.63, 3.8) is 0 Å². The number of anilines is 3. The second kappa shape index (κ2) is 12.0. The Hall–Kier alpha value is -4.09. The van der Waals surface area contributed by atoms with Gasteiger partial charge < -0.3 is 29.2 Å². The van der Waals surface area contributed by atoms with Crippen LogP contribution in [0.5, 0.6) is 11.6 Å². The number of pyridine rings is 2. The van der Waals surface area contributed by atoms with Gasteiger partial charge in [-0.1, -0.05) is 6.08 Å². The van der Waals surface area contributed by atoms with Crippen molar-refractivity contribution in [3.8, 4) is 11.6 Å². The summed E-state index contributed by atoms with van der Waals surface area (Å²) in [6.07, 6.45) is 1.96. The van der Waals surface area contributed by atoms with Crippen molar-refractivity contribution in [1.82, 2.24) is 14.9 Å². The van der Waals surface area contributed by atoms with Gasteiger partial charge in [0.25, 0.3) is 5.88 Å². The first-order chi connectivity index (χ1) is 19.6. The summed E-state index contributed by atoms with van der Waals surface area (Å²) in [5.41, 5.74) is 0.715. The molecule has 2 amide bonds. The van der Waals surface area contributed by atoms with Crippen molar-refractivity contribution in [1.29, 1.82) is 0 Å². The Morgan fingerprint density at radius 1 is 1.05 bits per heavy atom. The molecular formula is C30H40FN5O6. The first kappa shape index (κ1) is 30.9. The summed E-state index contributed by atoms with van der Waals surface area (Å²) in [4.78, 5) is 37.1. The van der Waals surface area contributed by atoms with E-state index in [2.05, 4.69) is 15.3 Å². The van der Waals surface area contributed by atoms with Crippen LogP contribution in [0, 0.1) is 12.7 Å². The Labute approximate surface area is 246 Å². The van der Waals surface area contributed by atoms with Crippen LogP contribution < -0.4 is 19.7 Å². The Morgan fingerprint density at radius 3 is 2.43 bits per heavy atom. The fourth-order valence-electron chi connectivity index (χ4n) is 4.47. The monoisotopic (exact) mass is 585 g/mol. The third-order valence-corrected chi connectivity index (χ3v) is 6.27. The molecule has 12 heteroatoms. The Balaban J connectivity index is 1.66. The molecule has 228 valence electrons. The van der Waals surface area contributed by atoms with Crippen LogP contribution in [0.2, 0.25) is 0 Å². The lowest BCUT2D eigenvalue weighted by Gasteiger charge is -2.25. The number of fused-ring (bicyclic) bond motifs is 1. The van der Waals surface area contributed by atoms with Gasteiger partial charge in [0.2, 0.25) is 0 Å². The second-order valence-electron chi connectivity index (χ2n) is 12.3. The summed E-state index contributed by atoms with van der Waals surface area (Å²) < 4.78 is 38.9. The molecule has 42 heavy (non-hydrogen) atoms. The average molecular weight is 586 g/mol. The van der Waals surface area contributed by atoms with Crippen molar-refractivity contribution < 1.29 is 32.9 Å². The lowest BCUT2D eigenvalue weighted by Crippen LogP contribution is -2.37. The Bertz CT molecular complexity index is 1380. The summed E-state index contributed by atoms with van der Waals surface area (Å²) in [6.45, 7) is 13.8. The molecule has 2 aliphatic heterocycles. The maximum atomic E-state index is 16.3. The smallest absolute Gasteiger partial charge is 0.414 e. The molecule has 4 rings (SSSR count). The Morgan fingerprint density at radius 2 is 1.74 bits per heavy atom. The topological polar surface area (TPSA) is 115 Å². The summed E-state index contributed by atoms with van der Waals surface area (Å²) in [5.74, 6) is -0.0776. The van der Waals surface area contributed by atoms with Crippen molar-refractivity contribution in [2.24, 2.45) is 0 Å². The number of rotatable bonds is 4. The molecule has 0 bridgehead atoms. The summed E-state index contributed by atoms with van der Waals surface area (Å²) >= 11 is 0. The van der Waals surface area contributed by atoms with Gasteiger partial charge in [0.15, 0.2) is 17.4 Å². The summed E-state index contributed by atoms with van der Waals surface area (Å²) in [5, 5.41) is 2.97. The van der Waals surface area contributed by atoms with E-state index in [1.54, 1.807) is 51.8 Å². The van der Waals surface area contributed by atoms with E-state index in [9.17, 15) is 9.59 Å². The molecule has 0 fully saturated rings. The molecule has 2 aromatic rings. The number of allylic oxidation sites excluding steroid dienone is 1. The first-order valence-electron chi connectivity index (χ1n) is 14.0. The predicted molar refractivity (Wildman–Crippen MR) is 157 cm³/mol. The second-order valence-corrected chi connectivity index (χ2v) is 12.3. The SMILES string of the molecule is Cc1cc(N(C)C(=O)OC(C)(C)C)cc(Nc2nc3c(c(C4=CCN(C(=O)OC(C)(C)C)CCC4)c2F)OCCO3)n1. The van der Waals surface area contributed by atoms with Crippen LogP contribution in [0.4, 0.5) is 31.3 Å². The van der Waals surface area contributed by atoms with Crippen LogP contribution >= 0.6 is 0 Å². The molecular weight excluding hydrogens is 545 g/mol. The molecule has 0 atom stereocenters. The quantitative estimate of drug-likeness (QED) is 0.446. The number of amides is 2. The molecule has 0 aliphatic carbocycles. The highest BCUT2D eigenvalue weighted by Crippen LogP contribution is 2.43. The molecule has 1 N–H and O–H groups in total. The van der Waals surface area contributed by atoms with Crippen LogP contribution in [0.1, 0.15) is 65.6 Å². The summed E-state index contributed by atoms with van der Waals surface area (Å²) in [6, 6.07) is 3.33. The van der Waals surface area contributed by atoms with Crippen LogP contribution in [0.25, 0.3) is 5.57 Å². The van der Waals surface area contributed by atoms with Crippen LogP contribution in [0.15, 0.2) is 18.2 Å². The average Bonchev–Trinajstić information content (AvgIpc) is 3.13. The van der Waals surface area contributed by atoms with Gasteiger partial charge in [-0.3, -0.25) is 4.90 Å². The van der Waals surface area contributed by atoms with Crippen LogP contribution in [-0.4, -0.2) is 71.6 Å². The largest absolute Gasteiger partial charge is 0.484 e. The number of hydrogen-bond acceptors (Lipinski definition) is 9. The molecule has 2 aliphatic rings. The van der Waals surface area contributed by atoms with Crippen molar-refractivity contribution in [2.45, 2.75) is 72.5 Å². The molecule has 0 radical (unpaired) electrons. The van der Waals surface area contributed by atoms with Gasteiger partial charge in [-0.05, 0) is 72.9 Å². The highest BCUT2D eigenvalue weighted by Gasteiger charge is 2.30. The third-order valence-electron chi connectivity index (χ3n) is 6.27. The van der Waals surface area contributed by atoms with E-state index < -0.39 is 29.2 Å².